The number of nitrogens with zero attached hydrogens (tertiary/aromatic N) is 1. The molecule has 0 bridgehead atoms. The Balaban J connectivity index is 2.51. The average molecular weight is 278 g/mol. The Morgan fingerprint density at radius 2 is 2.06 bits per heavy atom. The van der Waals surface area contributed by atoms with Crippen LogP contribution in [-0.2, 0) is 9.05 Å². The minimum Gasteiger partial charge on any atom is -0.446 e. The van der Waals surface area contributed by atoms with Crippen molar-refractivity contribution >= 4 is 31.1 Å². The Labute approximate surface area is 101 Å². The second-order valence-electron chi connectivity index (χ2n) is 3.19. The fourth-order valence-corrected chi connectivity index (χ4v) is 3.45. The van der Waals surface area contributed by atoms with Gasteiger partial charge in [0.25, 0.3) is 9.05 Å². The van der Waals surface area contributed by atoms with E-state index in [1.807, 2.05) is 0 Å². The van der Waals surface area contributed by atoms with Crippen molar-refractivity contribution in [1.82, 2.24) is 4.98 Å². The van der Waals surface area contributed by atoms with Crippen molar-refractivity contribution in [3.63, 3.8) is 0 Å². The SMILES string of the molecule is Cc1nc(-c2ccc(S(=O)(=O)Cl)s2)c(C)o1. The number of thiophene rings is 1. The Morgan fingerprint density at radius 1 is 1.38 bits per heavy atom. The van der Waals surface area contributed by atoms with E-state index in [-0.39, 0.29) is 4.21 Å². The van der Waals surface area contributed by atoms with Crippen molar-refractivity contribution in [3.05, 3.63) is 23.8 Å². The molecule has 0 unspecified atom stereocenters. The quantitative estimate of drug-likeness (QED) is 0.792. The summed E-state index contributed by atoms with van der Waals surface area (Å²) in [6, 6.07) is 3.13. The van der Waals surface area contributed by atoms with Crippen LogP contribution in [-0.4, -0.2) is 13.4 Å². The van der Waals surface area contributed by atoms with Gasteiger partial charge in [0.2, 0.25) is 0 Å². The minimum atomic E-state index is -3.66. The van der Waals surface area contributed by atoms with E-state index in [1.165, 1.54) is 6.07 Å². The molecular formula is C9H8ClNO3S2. The molecule has 0 N–H and O–H groups in total. The van der Waals surface area contributed by atoms with Crippen LogP contribution >= 0.6 is 22.0 Å². The maximum absolute atomic E-state index is 11.1. The summed E-state index contributed by atoms with van der Waals surface area (Å²) in [5, 5.41) is 0. The fourth-order valence-electron chi connectivity index (χ4n) is 1.34. The maximum Gasteiger partial charge on any atom is 0.270 e. The summed E-state index contributed by atoms with van der Waals surface area (Å²) < 4.78 is 27.6. The third kappa shape index (κ3) is 2.14. The lowest BCUT2D eigenvalue weighted by Crippen LogP contribution is -1.83. The molecule has 0 aliphatic rings. The summed E-state index contributed by atoms with van der Waals surface area (Å²) in [6.45, 7) is 3.52. The molecular weight excluding hydrogens is 270 g/mol. The lowest BCUT2D eigenvalue weighted by Gasteiger charge is -1.90. The maximum atomic E-state index is 11.1. The molecule has 2 rings (SSSR count). The molecule has 0 amide bonds. The number of hydrogen-bond acceptors (Lipinski definition) is 5. The number of rotatable bonds is 2. The highest BCUT2D eigenvalue weighted by atomic mass is 35.7. The van der Waals surface area contributed by atoms with E-state index >= 15 is 0 Å². The fraction of sp³-hybridized carbons (Fsp3) is 0.222. The molecule has 0 saturated heterocycles. The molecule has 0 aromatic carbocycles. The second kappa shape index (κ2) is 3.87. The van der Waals surface area contributed by atoms with Crippen molar-refractivity contribution in [2.24, 2.45) is 0 Å². The first-order chi connectivity index (χ1) is 7.38. The first kappa shape index (κ1) is 11.6. The van der Waals surface area contributed by atoms with Crippen molar-refractivity contribution < 1.29 is 12.8 Å². The Bertz CT molecular complexity index is 627. The summed E-state index contributed by atoms with van der Waals surface area (Å²) in [5.41, 5.74) is 0.661. The third-order valence-corrected chi connectivity index (χ3v) is 5.14. The largest absolute Gasteiger partial charge is 0.446 e. The van der Waals surface area contributed by atoms with Crippen LogP contribution in [0.3, 0.4) is 0 Å². The van der Waals surface area contributed by atoms with Gasteiger partial charge in [-0.3, -0.25) is 0 Å². The smallest absolute Gasteiger partial charge is 0.270 e. The normalized spacial score (nSPS) is 11.9. The number of oxazole rings is 1. The van der Waals surface area contributed by atoms with Gasteiger partial charge in [0, 0.05) is 17.6 Å². The molecule has 0 aliphatic heterocycles. The lowest BCUT2D eigenvalue weighted by molar-refractivity contribution is 0.495. The van der Waals surface area contributed by atoms with Gasteiger partial charge in [-0.15, -0.1) is 11.3 Å². The van der Waals surface area contributed by atoms with Crippen LogP contribution in [0.15, 0.2) is 20.8 Å². The monoisotopic (exact) mass is 277 g/mol. The molecule has 0 radical (unpaired) electrons. The number of aromatic nitrogens is 1. The molecule has 86 valence electrons. The zero-order chi connectivity index (χ0) is 11.9. The Hall–Kier alpha value is -0.850. The average Bonchev–Trinajstić information content (AvgIpc) is 2.70. The van der Waals surface area contributed by atoms with E-state index < -0.39 is 9.05 Å². The van der Waals surface area contributed by atoms with Gasteiger partial charge in [-0.25, -0.2) is 13.4 Å². The standard InChI is InChI=1S/C9H8ClNO3S2/c1-5-9(11-6(2)14-5)7-3-4-8(15-7)16(10,12)13/h3-4H,1-2H3. The molecule has 0 fully saturated rings. The molecule has 0 aliphatic carbocycles. The highest BCUT2D eigenvalue weighted by molar-refractivity contribution is 8.15. The van der Waals surface area contributed by atoms with Gasteiger partial charge in [-0.05, 0) is 19.1 Å². The number of hydrogen-bond donors (Lipinski definition) is 0. The first-order valence-corrected chi connectivity index (χ1v) is 7.49. The molecule has 0 atom stereocenters. The third-order valence-electron chi connectivity index (χ3n) is 1.96. The highest BCUT2D eigenvalue weighted by Gasteiger charge is 2.17. The van der Waals surface area contributed by atoms with Crippen LogP contribution in [0.5, 0.6) is 0 Å². The highest BCUT2D eigenvalue weighted by Crippen LogP contribution is 2.33. The topological polar surface area (TPSA) is 60.2 Å². The van der Waals surface area contributed by atoms with Gasteiger partial charge in [-0.1, -0.05) is 0 Å². The molecule has 7 heteroatoms. The summed E-state index contributed by atoms with van der Waals surface area (Å²) in [5.74, 6) is 1.22. The van der Waals surface area contributed by atoms with Crippen molar-refractivity contribution in [2.45, 2.75) is 18.1 Å². The summed E-state index contributed by atoms with van der Waals surface area (Å²) >= 11 is 1.08. The van der Waals surface area contributed by atoms with E-state index in [0.29, 0.717) is 17.3 Å². The predicted molar refractivity (Wildman–Crippen MR) is 62.3 cm³/mol. The van der Waals surface area contributed by atoms with Gasteiger partial charge >= 0.3 is 0 Å². The zero-order valence-electron chi connectivity index (χ0n) is 8.52. The van der Waals surface area contributed by atoms with Gasteiger partial charge in [-0.2, -0.15) is 0 Å². The van der Waals surface area contributed by atoms with Crippen LogP contribution < -0.4 is 0 Å². The Morgan fingerprint density at radius 3 is 2.50 bits per heavy atom. The summed E-state index contributed by atoms with van der Waals surface area (Å²) in [7, 11) is 1.58. The summed E-state index contributed by atoms with van der Waals surface area (Å²) in [6.07, 6.45) is 0. The van der Waals surface area contributed by atoms with Crippen LogP contribution in [0.1, 0.15) is 11.7 Å². The van der Waals surface area contributed by atoms with Gasteiger partial charge in [0.05, 0.1) is 4.88 Å². The molecule has 0 saturated carbocycles. The van der Waals surface area contributed by atoms with Gasteiger partial charge < -0.3 is 4.42 Å². The first-order valence-electron chi connectivity index (χ1n) is 4.37. The Kier molecular flexibility index (Phi) is 2.81. The number of aryl methyl sites for hydroxylation is 2. The van der Waals surface area contributed by atoms with E-state index in [1.54, 1.807) is 19.9 Å². The van der Waals surface area contributed by atoms with Crippen LogP contribution in [0.4, 0.5) is 0 Å². The van der Waals surface area contributed by atoms with Crippen LogP contribution in [0.2, 0.25) is 0 Å². The van der Waals surface area contributed by atoms with Gasteiger partial charge in [0.1, 0.15) is 15.7 Å². The van der Waals surface area contributed by atoms with E-state index in [2.05, 4.69) is 4.98 Å². The number of halogens is 1. The molecule has 2 heterocycles. The van der Waals surface area contributed by atoms with Crippen molar-refractivity contribution in [3.8, 4) is 10.6 Å². The molecule has 4 nitrogen and oxygen atoms in total. The molecule has 2 aromatic rings. The predicted octanol–water partition coefficient (Wildman–Crippen LogP) is 2.95. The van der Waals surface area contributed by atoms with E-state index in [4.69, 9.17) is 15.1 Å². The van der Waals surface area contributed by atoms with Crippen molar-refractivity contribution in [2.75, 3.05) is 0 Å². The zero-order valence-corrected chi connectivity index (χ0v) is 10.9. The molecule has 16 heavy (non-hydrogen) atoms. The van der Waals surface area contributed by atoms with Crippen LogP contribution in [0.25, 0.3) is 10.6 Å². The molecule has 0 spiro atoms. The molecule has 2 aromatic heterocycles. The van der Waals surface area contributed by atoms with E-state index in [9.17, 15) is 8.42 Å². The van der Waals surface area contributed by atoms with E-state index in [0.717, 1.165) is 16.2 Å². The van der Waals surface area contributed by atoms with Crippen molar-refractivity contribution in [1.29, 1.82) is 0 Å². The van der Waals surface area contributed by atoms with Gasteiger partial charge in [0.15, 0.2) is 5.89 Å². The lowest BCUT2D eigenvalue weighted by atomic mass is 10.3. The summed E-state index contributed by atoms with van der Waals surface area (Å²) in [4.78, 5) is 4.91. The second-order valence-corrected chi connectivity index (χ2v) is 7.07. The van der Waals surface area contributed by atoms with Crippen LogP contribution in [0, 0.1) is 13.8 Å². The minimum absolute atomic E-state index is 0.115.